The maximum absolute atomic E-state index is 12.6. The molecule has 2 aliphatic rings. The van der Waals surface area contributed by atoms with Crippen LogP contribution in [0.5, 0.6) is 0 Å². The average molecular weight is 298 g/mol. The normalized spacial score (nSPS) is 23.7. The van der Waals surface area contributed by atoms with E-state index in [2.05, 4.69) is 20.2 Å². The predicted octanol–water partition coefficient (Wildman–Crippen LogP) is 0.902. The second-order valence-corrected chi connectivity index (χ2v) is 6.18. The van der Waals surface area contributed by atoms with E-state index < -0.39 is 0 Å². The van der Waals surface area contributed by atoms with Gasteiger partial charge in [0.2, 0.25) is 5.95 Å². The van der Waals surface area contributed by atoms with Crippen LogP contribution in [0.15, 0.2) is 18.5 Å². The summed E-state index contributed by atoms with van der Waals surface area (Å²) in [7, 11) is 0. The van der Waals surface area contributed by atoms with Gasteiger partial charge in [0.1, 0.15) is 5.69 Å². The lowest BCUT2D eigenvalue weighted by Gasteiger charge is -2.40. The van der Waals surface area contributed by atoms with E-state index in [1.54, 1.807) is 12.3 Å². The van der Waals surface area contributed by atoms with Gasteiger partial charge in [-0.25, -0.2) is 9.97 Å². The van der Waals surface area contributed by atoms with Gasteiger partial charge in [-0.15, -0.1) is 0 Å². The number of hydrogen-bond acceptors (Lipinski definition) is 5. The average Bonchev–Trinajstić information content (AvgIpc) is 3.17. The van der Waals surface area contributed by atoms with Gasteiger partial charge in [0.05, 0.1) is 5.69 Å². The third kappa shape index (κ3) is 1.96. The number of amides is 1. The number of H-pyrrole nitrogens is 1. The Kier molecular flexibility index (Phi) is 2.88. The molecule has 1 unspecified atom stereocenters. The molecule has 2 aromatic rings. The van der Waals surface area contributed by atoms with Crippen molar-refractivity contribution in [3.05, 3.63) is 35.4 Å². The van der Waals surface area contributed by atoms with Crippen LogP contribution >= 0.6 is 0 Å². The predicted molar refractivity (Wildman–Crippen MR) is 80.2 cm³/mol. The molecule has 1 fully saturated rings. The number of likely N-dealkylation sites (tertiary alicyclic amines) is 1. The minimum absolute atomic E-state index is 0.00653. The van der Waals surface area contributed by atoms with Crippen molar-refractivity contribution in [2.24, 2.45) is 0 Å². The first-order valence-electron chi connectivity index (χ1n) is 7.58. The quantitative estimate of drug-likeness (QED) is 0.814. The van der Waals surface area contributed by atoms with Crippen molar-refractivity contribution in [2.75, 3.05) is 18.8 Å². The zero-order chi connectivity index (χ0) is 15.2. The molecular weight excluding hydrogens is 280 g/mol. The molecule has 1 atom stereocenters. The smallest absolute Gasteiger partial charge is 0.271 e. The van der Waals surface area contributed by atoms with Crippen LogP contribution in [0.1, 0.15) is 41.0 Å². The number of hydrogen-bond donors (Lipinski definition) is 2. The van der Waals surface area contributed by atoms with Crippen LogP contribution in [0, 0.1) is 0 Å². The second-order valence-electron chi connectivity index (χ2n) is 6.18. The Balaban J connectivity index is 1.65. The molecule has 1 saturated heterocycles. The topological polar surface area (TPSA) is 101 Å². The van der Waals surface area contributed by atoms with Crippen molar-refractivity contribution in [3.8, 4) is 0 Å². The number of rotatable bonds is 1. The fourth-order valence-corrected chi connectivity index (χ4v) is 3.80. The number of nitrogens with zero attached hydrogens (tertiary/aromatic N) is 4. The van der Waals surface area contributed by atoms with E-state index in [1.165, 1.54) is 5.56 Å². The molecule has 114 valence electrons. The zero-order valence-electron chi connectivity index (χ0n) is 12.2. The summed E-state index contributed by atoms with van der Waals surface area (Å²) in [6.07, 6.45) is 7.43. The Bertz CT molecular complexity index is 709. The molecule has 0 saturated carbocycles. The molecule has 0 bridgehead atoms. The third-order valence-corrected chi connectivity index (χ3v) is 4.85. The van der Waals surface area contributed by atoms with Gasteiger partial charge in [0.25, 0.3) is 5.91 Å². The molecule has 1 aliphatic heterocycles. The van der Waals surface area contributed by atoms with Crippen LogP contribution in [0.2, 0.25) is 0 Å². The molecule has 7 heteroatoms. The van der Waals surface area contributed by atoms with Crippen LogP contribution < -0.4 is 5.73 Å². The van der Waals surface area contributed by atoms with Crippen LogP contribution in [-0.2, 0) is 11.8 Å². The molecule has 22 heavy (non-hydrogen) atoms. The molecule has 7 nitrogen and oxygen atoms in total. The van der Waals surface area contributed by atoms with E-state index in [-0.39, 0.29) is 11.3 Å². The Morgan fingerprint density at radius 2 is 2.32 bits per heavy atom. The monoisotopic (exact) mass is 298 g/mol. The molecule has 2 aromatic heterocycles. The van der Waals surface area contributed by atoms with Crippen LogP contribution in [-0.4, -0.2) is 44.1 Å². The van der Waals surface area contributed by atoms with E-state index in [9.17, 15) is 4.79 Å². The lowest BCUT2D eigenvalue weighted by Crippen LogP contribution is -2.48. The molecule has 1 amide bonds. The minimum atomic E-state index is -0.0691. The highest BCUT2D eigenvalue weighted by Crippen LogP contribution is 2.44. The number of nitrogens with one attached hydrogen (secondary N) is 1. The van der Waals surface area contributed by atoms with Crippen molar-refractivity contribution in [2.45, 2.75) is 31.1 Å². The highest BCUT2D eigenvalue weighted by atomic mass is 16.2. The summed E-state index contributed by atoms with van der Waals surface area (Å²) in [6, 6.07) is 1.71. The fourth-order valence-electron chi connectivity index (χ4n) is 3.80. The minimum Gasteiger partial charge on any atom is -0.368 e. The van der Waals surface area contributed by atoms with Gasteiger partial charge in [0, 0.05) is 30.9 Å². The number of carbonyl (C=O) groups excluding carboxylic acids is 1. The first-order chi connectivity index (χ1) is 10.7. The van der Waals surface area contributed by atoms with E-state index in [4.69, 9.17) is 5.73 Å². The molecule has 0 radical (unpaired) electrons. The molecule has 3 heterocycles. The molecule has 1 spiro atoms. The zero-order valence-corrected chi connectivity index (χ0v) is 12.2. The van der Waals surface area contributed by atoms with Gasteiger partial charge >= 0.3 is 0 Å². The van der Waals surface area contributed by atoms with Crippen LogP contribution in [0.25, 0.3) is 0 Å². The summed E-state index contributed by atoms with van der Waals surface area (Å²) < 4.78 is 0. The van der Waals surface area contributed by atoms with Crippen molar-refractivity contribution in [1.82, 2.24) is 25.1 Å². The van der Waals surface area contributed by atoms with Crippen LogP contribution in [0.4, 0.5) is 5.95 Å². The Labute approximate surface area is 127 Å². The second kappa shape index (κ2) is 4.79. The Morgan fingerprint density at radius 3 is 3.14 bits per heavy atom. The summed E-state index contributed by atoms with van der Waals surface area (Å²) in [6.45, 7) is 1.46. The number of fused-ring (bicyclic) bond motifs is 2. The summed E-state index contributed by atoms with van der Waals surface area (Å²) in [5, 5.41) is 6.62. The van der Waals surface area contributed by atoms with Gasteiger partial charge in [-0.3, -0.25) is 9.89 Å². The first kappa shape index (κ1) is 13.2. The number of anilines is 1. The first-order valence-corrected chi connectivity index (χ1v) is 7.58. The fraction of sp³-hybridized carbons (Fsp3) is 0.467. The molecule has 1 aliphatic carbocycles. The van der Waals surface area contributed by atoms with Gasteiger partial charge in [-0.1, -0.05) is 0 Å². The standard InChI is InChI=1S/C15H18N6O/c16-14-17-8-10-2-5-15(12(10)19-14)4-1-7-21(9-15)13(22)11-3-6-18-20-11/h3,6,8H,1-2,4-5,7,9H2,(H,18,20)(H2,16,17,19). The molecule has 4 rings (SSSR count). The highest BCUT2D eigenvalue weighted by molar-refractivity contribution is 5.92. The third-order valence-electron chi connectivity index (χ3n) is 4.85. The van der Waals surface area contributed by atoms with Gasteiger partial charge in [0.15, 0.2) is 0 Å². The number of aromatic nitrogens is 4. The van der Waals surface area contributed by atoms with E-state index in [0.29, 0.717) is 18.2 Å². The van der Waals surface area contributed by atoms with Crippen molar-refractivity contribution in [1.29, 1.82) is 0 Å². The number of nitrogen functional groups attached to an aromatic ring is 1. The molecule has 3 N–H and O–H groups in total. The van der Waals surface area contributed by atoms with E-state index in [0.717, 1.165) is 37.9 Å². The summed E-state index contributed by atoms with van der Waals surface area (Å²) in [5.74, 6) is 0.323. The number of aryl methyl sites for hydroxylation is 1. The number of piperidine rings is 1. The van der Waals surface area contributed by atoms with Crippen LogP contribution in [0.3, 0.4) is 0 Å². The van der Waals surface area contributed by atoms with E-state index >= 15 is 0 Å². The van der Waals surface area contributed by atoms with Gasteiger partial charge in [-0.2, -0.15) is 5.10 Å². The van der Waals surface area contributed by atoms with Crippen molar-refractivity contribution >= 4 is 11.9 Å². The highest BCUT2D eigenvalue weighted by Gasteiger charge is 2.44. The number of aromatic amines is 1. The lowest BCUT2D eigenvalue weighted by molar-refractivity contribution is 0.0627. The summed E-state index contributed by atoms with van der Waals surface area (Å²) >= 11 is 0. The number of nitrogens with two attached hydrogens (primary N) is 1. The Morgan fingerprint density at radius 1 is 1.41 bits per heavy atom. The summed E-state index contributed by atoms with van der Waals surface area (Å²) in [4.78, 5) is 23.1. The van der Waals surface area contributed by atoms with Crippen molar-refractivity contribution in [3.63, 3.8) is 0 Å². The molecular formula is C15H18N6O. The number of carbonyl (C=O) groups is 1. The Hall–Kier alpha value is -2.44. The largest absolute Gasteiger partial charge is 0.368 e. The van der Waals surface area contributed by atoms with Gasteiger partial charge in [-0.05, 0) is 37.3 Å². The summed E-state index contributed by atoms with van der Waals surface area (Å²) in [5.41, 5.74) is 8.46. The maximum Gasteiger partial charge on any atom is 0.271 e. The van der Waals surface area contributed by atoms with E-state index in [1.807, 2.05) is 11.1 Å². The molecule has 0 aromatic carbocycles. The van der Waals surface area contributed by atoms with Gasteiger partial charge < -0.3 is 10.6 Å². The van der Waals surface area contributed by atoms with Crippen molar-refractivity contribution < 1.29 is 4.79 Å². The lowest BCUT2D eigenvalue weighted by atomic mass is 9.77. The SMILES string of the molecule is Nc1ncc2c(n1)C1(CCCN(C(=O)c3ccn[nH]3)C1)CC2. The maximum atomic E-state index is 12.6.